The number of rotatable bonds is 4. The van der Waals surface area contributed by atoms with Crippen LogP contribution in [0.4, 0.5) is 0 Å². The molecule has 0 amide bonds. The highest BCUT2D eigenvalue weighted by molar-refractivity contribution is 6.74. The maximum absolute atomic E-state index is 6.60. The SMILES string of the molecule is CC(C)(C)[Si](C)(C)OC[C@@H]1Cc2ccccc2[C@@H](c2cccc3ccccc23)N1. The number of hydrogen-bond acceptors (Lipinski definition) is 2. The van der Waals surface area contributed by atoms with E-state index in [4.69, 9.17) is 4.43 Å². The molecule has 0 aliphatic carbocycles. The fraction of sp³-hybridized carbons (Fsp3) is 0.385. The Balaban J connectivity index is 1.67. The summed E-state index contributed by atoms with van der Waals surface area (Å²) in [6, 6.07) is 24.7. The summed E-state index contributed by atoms with van der Waals surface area (Å²) >= 11 is 0. The Bertz CT molecular complexity index is 1000. The van der Waals surface area contributed by atoms with E-state index in [0.717, 1.165) is 13.0 Å². The van der Waals surface area contributed by atoms with E-state index in [1.165, 1.54) is 27.5 Å². The zero-order chi connectivity index (χ0) is 20.6. The van der Waals surface area contributed by atoms with E-state index >= 15 is 0 Å². The average Bonchev–Trinajstić information content (AvgIpc) is 2.70. The summed E-state index contributed by atoms with van der Waals surface area (Å²) in [5.74, 6) is 0. The van der Waals surface area contributed by atoms with Crippen LogP contribution < -0.4 is 5.32 Å². The van der Waals surface area contributed by atoms with Crippen LogP contribution >= 0.6 is 0 Å². The van der Waals surface area contributed by atoms with Crippen molar-refractivity contribution in [1.82, 2.24) is 5.32 Å². The zero-order valence-corrected chi connectivity index (χ0v) is 19.3. The van der Waals surface area contributed by atoms with Gasteiger partial charge in [-0.3, -0.25) is 0 Å². The fourth-order valence-corrected chi connectivity index (χ4v) is 5.09. The van der Waals surface area contributed by atoms with Gasteiger partial charge in [0.15, 0.2) is 8.32 Å². The van der Waals surface area contributed by atoms with Gasteiger partial charge in [-0.05, 0) is 52.0 Å². The molecule has 3 aromatic rings. The van der Waals surface area contributed by atoms with Gasteiger partial charge in [-0.1, -0.05) is 87.5 Å². The van der Waals surface area contributed by atoms with E-state index < -0.39 is 8.32 Å². The lowest BCUT2D eigenvalue weighted by Crippen LogP contribution is -2.48. The summed E-state index contributed by atoms with van der Waals surface area (Å²) in [6.45, 7) is 12.4. The van der Waals surface area contributed by atoms with E-state index in [-0.39, 0.29) is 11.1 Å². The molecule has 2 atom stereocenters. The Morgan fingerprint density at radius 3 is 2.34 bits per heavy atom. The van der Waals surface area contributed by atoms with Gasteiger partial charge in [-0.2, -0.15) is 0 Å². The Hall–Kier alpha value is -1.94. The topological polar surface area (TPSA) is 21.3 Å². The largest absolute Gasteiger partial charge is 0.415 e. The third kappa shape index (κ3) is 4.05. The molecule has 29 heavy (non-hydrogen) atoms. The van der Waals surface area contributed by atoms with Crippen LogP contribution in [0.5, 0.6) is 0 Å². The van der Waals surface area contributed by atoms with Crippen molar-refractivity contribution in [2.45, 2.75) is 57.4 Å². The lowest BCUT2D eigenvalue weighted by Gasteiger charge is -2.39. The Kier molecular flexibility index (Phi) is 5.41. The molecule has 0 radical (unpaired) electrons. The van der Waals surface area contributed by atoms with Crippen molar-refractivity contribution >= 4 is 19.1 Å². The summed E-state index contributed by atoms with van der Waals surface area (Å²) in [5, 5.41) is 6.79. The molecule has 4 rings (SSSR count). The monoisotopic (exact) mass is 403 g/mol. The summed E-state index contributed by atoms with van der Waals surface area (Å²) in [5.41, 5.74) is 4.19. The van der Waals surface area contributed by atoms with Gasteiger partial charge in [0.25, 0.3) is 0 Å². The zero-order valence-electron chi connectivity index (χ0n) is 18.3. The predicted octanol–water partition coefficient (Wildman–Crippen LogP) is 6.47. The van der Waals surface area contributed by atoms with Crippen molar-refractivity contribution in [1.29, 1.82) is 0 Å². The molecule has 3 heteroatoms. The van der Waals surface area contributed by atoms with E-state index in [2.05, 4.69) is 106 Å². The Morgan fingerprint density at radius 2 is 1.55 bits per heavy atom. The lowest BCUT2D eigenvalue weighted by molar-refractivity contribution is 0.230. The normalized spacial score (nSPS) is 19.9. The van der Waals surface area contributed by atoms with Gasteiger partial charge in [-0.15, -0.1) is 0 Å². The number of hydrogen-bond donors (Lipinski definition) is 1. The van der Waals surface area contributed by atoms with Crippen molar-refractivity contribution in [3.8, 4) is 0 Å². The molecule has 0 bridgehead atoms. The molecule has 1 aliphatic heterocycles. The van der Waals surface area contributed by atoms with Crippen LogP contribution in [0.3, 0.4) is 0 Å². The van der Waals surface area contributed by atoms with E-state index in [1.54, 1.807) is 0 Å². The van der Waals surface area contributed by atoms with E-state index in [0.29, 0.717) is 6.04 Å². The van der Waals surface area contributed by atoms with Crippen molar-refractivity contribution in [2.24, 2.45) is 0 Å². The molecule has 0 fully saturated rings. The molecule has 0 saturated heterocycles. The van der Waals surface area contributed by atoms with Crippen LogP contribution in [0, 0.1) is 0 Å². The van der Waals surface area contributed by atoms with E-state index in [1.807, 2.05) is 0 Å². The first kappa shape index (κ1) is 20.3. The summed E-state index contributed by atoms with van der Waals surface area (Å²) in [6.07, 6.45) is 1.02. The fourth-order valence-electron chi connectivity index (χ4n) is 4.04. The molecule has 1 aliphatic rings. The van der Waals surface area contributed by atoms with Crippen LogP contribution in [0.2, 0.25) is 18.1 Å². The first-order valence-electron chi connectivity index (χ1n) is 10.7. The molecule has 1 heterocycles. The molecule has 3 aromatic carbocycles. The smallest absolute Gasteiger partial charge is 0.192 e. The van der Waals surface area contributed by atoms with Crippen LogP contribution in [0.1, 0.15) is 43.5 Å². The first-order chi connectivity index (χ1) is 13.8. The minimum absolute atomic E-state index is 0.194. The molecule has 152 valence electrons. The number of fused-ring (bicyclic) bond motifs is 2. The highest BCUT2D eigenvalue weighted by atomic mass is 28.4. The van der Waals surface area contributed by atoms with Crippen LogP contribution in [0.15, 0.2) is 66.7 Å². The molecule has 1 N–H and O–H groups in total. The lowest BCUT2D eigenvalue weighted by atomic mass is 9.85. The van der Waals surface area contributed by atoms with Crippen molar-refractivity contribution in [3.63, 3.8) is 0 Å². The van der Waals surface area contributed by atoms with Crippen molar-refractivity contribution in [3.05, 3.63) is 83.4 Å². The van der Waals surface area contributed by atoms with Gasteiger partial charge >= 0.3 is 0 Å². The summed E-state index contributed by atoms with van der Waals surface area (Å²) in [4.78, 5) is 0. The Labute approximate surface area is 176 Å². The van der Waals surface area contributed by atoms with Crippen LogP contribution in [-0.2, 0) is 10.8 Å². The maximum atomic E-state index is 6.60. The standard InChI is InChI=1S/C26H33NOSi/c1-26(2,3)29(4,5)28-18-21-17-20-12-7-9-15-23(20)25(27-21)24-16-10-13-19-11-6-8-14-22(19)24/h6-16,21,25,27H,17-18H2,1-5H3/t21-,25-/m0/s1. The maximum Gasteiger partial charge on any atom is 0.192 e. The molecule has 0 saturated carbocycles. The van der Waals surface area contributed by atoms with Crippen LogP contribution in [0.25, 0.3) is 10.8 Å². The number of benzene rings is 3. The van der Waals surface area contributed by atoms with Gasteiger partial charge in [-0.25, -0.2) is 0 Å². The third-order valence-corrected chi connectivity index (χ3v) is 11.3. The molecule has 0 spiro atoms. The second kappa shape index (κ2) is 7.71. The highest BCUT2D eigenvalue weighted by Gasteiger charge is 2.38. The van der Waals surface area contributed by atoms with Gasteiger partial charge in [0.2, 0.25) is 0 Å². The predicted molar refractivity (Wildman–Crippen MR) is 126 cm³/mol. The molecular weight excluding hydrogens is 370 g/mol. The Morgan fingerprint density at radius 1 is 0.897 bits per heavy atom. The molecule has 0 unspecified atom stereocenters. The quantitative estimate of drug-likeness (QED) is 0.504. The summed E-state index contributed by atoms with van der Waals surface area (Å²) in [7, 11) is -1.77. The molecule has 0 aromatic heterocycles. The van der Waals surface area contributed by atoms with E-state index in [9.17, 15) is 0 Å². The second-order valence-corrected chi connectivity index (χ2v) is 14.6. The van der Waals surface area contributed by atoms with Gasteiger partial charge in [0.1, 0.15) is 0 Å². The van der Waals surface area contributed by atoms with Crippen molar-refractivity contribution < 1.29 is 4.43 Å². The summed E-state index contributed by atoms with van der Waals surface area (Å²) < 4.78 is 6.60. The average molecular weight is 404 g/mol. The third-order valence-electron chi connectivity index (χ3n) is 6.82. The van der Waals surface area contributed by atoms with Gasteiger partial charge in [0, 0.05) is 12.6 Å². The minimum Gasteiger partial charge on any atom is -0.415 e. The minimum atomic E-state index is -1.77. The van der Waals surface area contributed by atoms with Gasteiger partial charge in [0.05, 0.1) is 6.04 Å². The van der Waals surface area contributed by atoms with Crippen LogP contribution in [-0.4, -0.2) is 21.0 Å². The molecule has 2 nitrogen and oxygen atoms in total. The molecular formula is C26H33NOSi. The van der Waals surface area contributed by atoms with Crippen molar-refractivity contribution in [2.75, 3.05) is 6.61 Å². The second-order valence-electron chi connectivity index (χ2n) is 9.84. The number of nitrogens with one attached hydrogen (secondary N) is 1. The highest BCUT2D eigenvalue weighted by Crippen LogP contribution is 2.38. The van der Waals surface area contributed by atoms with Gasteiger partial charge < -0.3 is 9.74 Å². The first-order valence-corrected chi connectivity index (χ1v) is 13.6.